The maximum Gasteiger partial charge on any atom is 0.185 e. The summed E-state index contributed by atoms with van der Waals surface area (Å²) in [6.45, 7) is 0.648. The van der Waals surface area contributed by atoms with E-state index in [4.69, 9.17) is 0 Å². The number of carbonyl (C=O) groups is 1. The highest BCUT2D eigenvalue weighted by Crippen LogP contribution is 2.05. The number of hydrazone groups is 1. The van der Waals surface area contributed by atoms with Gasteiger partial charge in [-0.2, -0.15) is 5.10 Å². The van der Waals surface area contributed by atoms with Crippen LogP contribution >= 0.6 is 0 Å². The lowest BCUT2D eigenvalue weighted by Gasteiger charge is -2.11. The smallest absolute Gasteiger partial charge is 0.185 e. The Bertz CT molecular complexity index is 343. The van der Waals surface area contributed by atoms with E-state index in [1.165, 1.54) is 0 Å². The van der Waals surface area contributed by atoms with Gasteiger partial charge in [-0.1, -0.05) is 30.3 Å². The van der Waals surface area contributed by atoms with E-state index in [0.717, 1.165) is 5.56 Å². The minimum absolute atomic E-state index is 0.116. The third-order valence-electron chi connectivity index (χ3n) is 1.97. The zero-order chi connectivity index (χ0) is 9.10. The van der Waals surface area contributed by atoms with Gasteiger partial charge < -0.3 is 5.43 Å². The van der Waals surface area contributed by atoms with Crippen molar-refractivity contribution in [1.82, 2.24) is 5.43 Å². The van der Waals surface area contributed by atoms with Crippen molar-refractivity contribution in [3.05, 3.63) is 35.9 Å². The monoisotopic (exact) mass is 174 g/mol. The second-order valence-corrected chi connectivity index (χ2v) is 2.91. The third-order valence-corrected chi connectivity index (χ3v) is 1.97. The van der Waals surface area contributed by atoms with Crippen LogP contribution in [0.15, 0.2) is 35.4 Å². The molecule has 0 spiro atoms. The maximum atomic E-state index is 11.4. The van der Waals surface area contributed by atoms with Crippen molar-refractivity contribution in [2.45, 2.75) is 6.42 Å². The zero-order valence-corrected chi connectivity index (χ0v) is 7.16. The molecule has 1 aromatic rings. The number of nitrogens with zero attached hydrogens (tertiary/aromatic N) is 1. The molecule has 0 saturated heterocycles. The van der Waals surface area contributed by atoms with Crippen molar-refractivity contribution >= 4 is 11.5 Å². The van der Waals surface area contributed by atoms with E-state index in [1.54, 1.807) is 0 Å². The predicted octanol–water partition coefficient (Wildman–Crippen LogP) is 0.953. The molecule has 0 fully saturated rings. The fraction of sp³-hybridized carbons (Fsp3) is 0.200. The highest BCUT2D eigenvalue weighted by atomic mass is 16.1. The molecule has 0 aliphatic carbocycles. The summed E-state index contributed by atoms with van der Waals surface area (Å²) in [5.41, 5.74) is 4.27. The maximum absolute atomic E-state index is 11.4. The Kier molecular flexibility index (Phi) is 2.08. The number of Topliss-reactive ketones (excluding diaryl/α,β-unsaturated/α-hetero) is 1. The highest BCUT2D eigenvalue weighted by Gasteiger charge is 2.16. The first kappa shape index (κ1) is 7.98. The van der Waals surface area contributed by atoms with Crippen LogP contribution in [-0.2, 0) is 4.79 Å². The molecule has 1 heterocycles. The molecule has 0 unspecified atom stereocenters. The minimum atomic E-state index is 0.116. The van der Waals surface area contributed by atoms with Crippen LogP contribution in [0.3, 0.4) is 0 Å². The average molecular weight is 174 g/mol. The largest absolute Gasteiger partial charge is 0.309 e. The van der Waals surface area contributed by atoms with Crippen molar-refractivity contribution < 1.29 is 4.79 Å². The first-order valence-electron chi connectivity index (χ1n) is 4.27. The summed E-state index contributed by atoms with van der Waals surface area (Å²) in [5.74, 6) is 0.116. The number of nitrogens with one attached hydrogen (secondary N) is 1. The molecule has 1 aliphatic heterocycles. The van der Waals surface area contributed by atoms with Crippen molar-refractivity contribution in [3.63, 3.8) is 0 Å². The van der Waals surface area contributed by atoms with Crippen LogP contribution in [0.5, 0.6) is 0 Å². The molecule has 2 rings (SSSR count). The van der Waals surface area contributed by atoms with Crippen molar-refractivity contribution in [1.29, 1.82) is 0 Å². The lowest BCUT2D eigenvalue weighted by Crippen LogP contribution is -2.28. The topological polar surface area (TPSA) is 41.5 Å². The standard InChI is InChI=1S/C10H10N2O/c13-9-6-7-11-12-10(9)8-4-2-1-3-5-8/h1-5,11H,6-7H2. The number of hydrogen-bond donors (Lipinski definition) is 1. The Hall–Kier alpha value is -1.64. The van der Waals surface area contributed by atoms with Crippen LogP contribution in [0.25, 0.3) is 0 Å². The second-order valence-electron chi connectivity index (χ2n) is 2.91. The molecule has 66 valence electrons. The van der Waals surface area contributed by atoms with E-state index in [1.807, 2.05) is 30.3 Å². The summed E-state index contributed by atoms with van der Waals surface area (Å²) in [6.07, 6.45) is 0.535. The van der Waals surface area contributed by atoms with E-state index >= 15 is 0 Å². The SMILES string of the molecule is O=C1CCNN=C1c1ccccc1. The van der Waals surface area contributed by atoms with Gasteiger partial charge in [-0.15, -0.1) is 0 Å². The van der Waals surface area contributed by atoms with Gasteiger partial charge in [0.2, 0.25) is 0 Å². The fourth-order valence-corrected chi connectivity index (χ4v) is 1.31. The molecule has 0 amide bonds. The number of benzene rings is 1. The Labute approximate surface area is 76.5 Å². The van der Waals surface area contributed by atoms with Gasteiger partial charge >= 0.3 is 0 Å². The van der Waals surface area contributed by atoms with Crippen LogP contribution in [0.2, 0.25) is 0 Å². The molecule has 0 atom stereocenters. The van der Waals surface area contributed by atoms with E-state index in [0.29, 0.717) is 18.7 Å². The molecule has 0 saturated carbocycles. The molecule has 3 nitrogen and oxygen atoms in total. The molecule has 0 aromatic heterocycles. The van der Waals surface area contributed by atoms with Crippen LogP contribution < -0.4 is 5.43 Å². The molecule has 0 radical (unpaired) electrons. The third kappa shape index (κ3) is 1.59. The van der Waals surface area contributed by atoms with Gasteiger partial charge in [0.05, 0.1) is 0 Å². The predicted molar refractivity (Wildman–Crippen MR) is 50.6 cm³/mol. The molecule has 1 aromatic carbocycles. The first-order chi connectivity index (χ1) is 6.38. The Morgan fingerprint density at radius 3 is 2.69 bits per heavy atom. The average Bonchev–Trinajstić information content (AvgIpc) is 2.20. The summed E-state index contributed by atoms with van der Waals surface area (Å²) in [6, 6.07) is 9.51. The molecular weight excluding hydrogens is 164 g/mol. The lowest BCUT2D eigenvalue weighted by molar-refractivity contribution is -0.113. The van der Waals surface area contributed by atoms with Crippen molar-refractivity contribution in [2.75, 3.05) is 6.54 Å². The number of carbonyl (C=O) groups excluding carboxylic acids is 1. The van der Waals surface area contributed by atoms with E-state index in [-0.39, 0.29) is 5.78 Å². The van der Waals surface area contributed by atoms with Crippen molar-refractivity contribution in [2.24, 2.45) is 5.10 Å². The molecule has 3 heteroatoms. The van der Waals surface area contributed by atoms with Crippen LogP contribution in [0.1, 0.15) is 12.0 Å². The van der Waals surface area contributed by atoms with Crippen LogP contribution in [0, 0.1) is 0 Å². The summed E-state index contributed by atoms with van der Waals surface area (Å²) in [7, 11) is 0. The normalized spacial score (nSPS) is 16.3. The van der Waals surface area contributed by atoms with E-state index in [2.05, 4.69) is 10.5 Å². The Balaban J connectivity index is 2.35. The quantitative estimate of drug-likeness (QED) is 0.688. The van der Waals surface area contributed by atoms with E-state index < -0.39 is 0 Å². The number of hydrogen-bond acceptors (Lipinski definition) is 3. The number of rotatable bonds is 1. The lowest BCUT2D eigenvalue weighted by atomic mass is 10.0. The Morgan fingerprint density at radius 2 is 2.00 bits per heavy atom. The number of ketones is 1. The summed E-state index contributed by atoms with van der Waals surface area (Å²) >= 11 is 0. The van der Waals surface area contributed by atoms with Gasteiger partial charge in [-0.3, -0.25) is 4.79 Å². The zero-order valence-electron chi connectivity index (χ0n) is 7.16. The molecular formula is C10H10N2O. The summed E-state index contributed by atoms with van der Waals surface area (Å²) < 4.78 is 0. The van der Waals surface area contributed by atoms with Gasteiger partial charge in [-0.05, 0) is 0 Å². The molecule has 13 heavy (non-hydrogen) atoms. The van der Waals surface area contributed by atoms with Crippen molar-refractivity contribution in [3.8, 4) is 0 Å². The van der Waals surface area contributed by atoms with E-state index in [9.17, 15) is 4.79 Å². The van der Waals surface area contributed by atoms with Gasteiger partial charge in [0, 0.05) is 18.5 Å². The molecule has 1 N–H and O–H groups in total. The summed E-state index contributed by atoms with van der Waals surface area (Å²) in [5, 5.41) is 4.00. The molecule has 0 bridgehead atoms. The minimum Gasteiger partial charge on any atom is -0.309 e. The highest BCUT2D eigenvalue weighted by molar-refractivity contribution is 6.46. The fourth-order valence-electron chi connectivity index (χ4n) is 1.31. The van der Waals surface area contributed by atoms with Gasteiger partial charge in [0.15, 0.2) is 5.78 Å². The first-order valence-corrected chi connectivity index (χ1v) is 4.27. The summed E-state index contributed by atoms with van der Waals surface area (Å²) in [4.78, 5) is 11.4. The second kappa shape index (κ2) is 3.39. The van der Waals surface area contributed by atoms with Crippen LogP contribution in [-0.4, -0.2) is 18.0 Å². The Morgan fingerprint density at radius 1 is 1.23 bits per heavy atom. The van der Waals surface area contributed by atoms with Gasteiger partial charge in [-0.25, -0.2) is 0 Å². The van der Waals surface area contributed by atoms with Gasteiger partial charge in [0.1, 0.15) is 5.71 Å². The van der Waals surface area contributed by atoms with Gasteiger partial charge in [0.25, 0.3) is 0 Å². The molecule has 1 aliphatic rings. The van der Waals surface area contributed by atoms with Crippen LogP contribution in [0.4, 0.5) is 0 Å².